The predicted octanol–water partition coefficient (Wildman–Crippen LogP) is 2.02. The van der Waals surface area contributed by atoms with Gasteiger partial charge >= 0.3 is 6.61 Å². The van der Waals surface area contributed by atoms with Crippen molar-refractivity contribution in [3.63, 3.8) is 0 Å². The zero-order valence-electron chi connectivity index (χ0n) is 7.34. The maximum absolute atomic E-state index is 13.1. The Morgan fingerprint density at radius 1 is 1.36 bits per heavy atom. The number of nitrogens with two attached hydrogens (primary N) is 1. The molecule has 0 bridgehead atoms. The van der Waals surface area contributed by atoms with E-state index in [1.54, 1.807) is 6.07 Å². The van der Waals surface area contributed by atoms with Crippen molar-refractivity contribution >= 4 is 0 Å². The second-order valence-electron chi connectivity index (χ2n) is 2.70. The lowest BCUT2D eigenvalue weighted by atomic mass is 10.1. The first-order valence-corrected chi connectivity index (χ1v) is 4.00. The van der Waals surface area contributed by atoms with Gasteiger partial charge in [-0.3, -0.25) is 0 Å². The van der Waals surface area contributed by atoms with E-state index in [4.69, 9.17) is 5.73 Å². The van der Waals surface area contributed by atoms with Crippen LogP contribution in [0.15, 0.2) is 18.2 Å². The molecule has 1 aromatic carbocycles. The molecule has 0 aliphatic rings. The summed E-state index contributed by atoms with van der Waals surface area (Å²) in [5.74, 6) is -0.575. The lowest BCUT2D eigenvalue weighted by molar-refractivity contribution is -0.137. The Bertz CT molecular complexity index is 304. The van der Waals surface area contributed by atoms with Crippen LogP contribution in [0.3, 0.4) is 0 Å². The molecule has 0 aliphatic carbocycles. The van der Waals surface area contributed by atoms with Crippen molar-refractivity contribution in [1.82, 2.24) is 0 Å². The van der Waals surface area contributed by atoms with Crippen LogP contribution in [0.5, 0.6) is 0 Å². The normalized spacial score (nSPS) is 10.9. The van der Waals surface area contributed by atoms with Crippen LogP contribution < -0.4 is 5.73 Å². The molecule has 0 spiro atoms. The second-order valence-corrected chi connectivity index (χ2v) is 2.70. The van der Waals surface area contributed by atoms with E-state index >= 15 is 0 Å². The van der Waals surface area contributed by atoms with Crippen molar-refractivity contribution in [1.29, 1.82) is 0 Å². The second kappa shape index (κ2) is 4.97. The molecular formula is C9H10F3NO. The fourth-order valence-corrected chi connectivity index (χ4v) is 0.988. The average molecular weight is 205 g/mol. The molecule has 0 saturated carbocycles. The van der Waals surface area contributed by atoms with E-state index in [1.165, 1.54) is 12.1 Å². The lowest BCUT2D eigenvalue weighted by Crippen LogP contribution is -2.03. The maximum atomic E-state index is 13.1. The summed E-state index contributed by atoms with van der Waals surface area (Å²) < 4.78 is 40.4. The summed E-state index contributed by atoms with van der Waals surface area (Å²) in [6.45, 7) is -3.11. The number of rotatable bonds is 4. The highest BCUT2D eigenvalue weighted by atomic mass is 19.3. The Balaban J connectivity index is 2.69. The monoisotopic (exact) mass is 205 g/mol. The first-order valence-electron chi connectivity index (χ1n) is 4.00. The van der Waals surface area contributed by atoms with Crippen LogP contribution in [-0.4, -0.2) is 6.61 Å². The largest absolute Gasteiger partial charge is 0.345 e. The molecule has 0 aromatic heterocycles. The smallest absolute Gasteiger partial charge is 0.326 e. The van der Waals surface area contributed by atoms with Crippen molar-refractivity contribution in [2.24, 2.45) is 5.73 Å². The van der Waals surface area contributed by atoms with Crippen LogP contribution in [0.4, 0.5) is 13.2 Å². The molecule has 0 amide bonds. The third-order valence-electron chi connectivity index (χ3n) is 1.72. The van der Waals surface area contributed by atoms with Gasteiger partial charge in [-0.2, -0.15) is 8.78 Å². The van der Waals surface area contributed by atoms with Gasteiger partial charge in [0.1, 0.15) is 5.82 Å². The molecular weight excluding hydrogens is 195 g/mol. The van der Waals surface area contributed by atoms with E-state index in [9.17, 15) is 13.2 Å². The van der Waals surface area contributed by atoms with Crippen LogP contribution in [-0.2, 0) is 17.9 Å². The van der Waals surface area contributed by atoms with Crippen molar-refractivity contribution in [3.8, 4) is 0 Å². The number of hydrogen-bond donors (Lipinski definition) is 1. The predicted molar refractivity (Wildman–Crippen MR) is 45.1 cm³/mol. The summed E-state index contributed by atoms with van der Waals surface area (Å²) in [5, 5.41) is 0. The Labute approximate surface area is 79.5 Å². The summed E-state index contributed by atoms with van der Waals surface area (Å²) in [6, 6.07) is 4.18. The molecule has 0 saturated heterocycles. The van der Waals surface area contributed by atoms with Gasteiger partial charge < -0.3 is 10.5 Å². The van der Waals surface area contributed by atoms with Crippen LogP contribution in [0, 0.1) is 5.82 Å². The van der Waals surface area contributed by atoms with E-state index in [-0.39, 0.29) is 12.1 Å². The highest BCUT2D eigenvalue weighted by molar-refractivity contribution is 5.23. The molecule has 5 heteroatoms. The Morgan fingerprint density at radius 2 is 2.07 bits per heavy atom. The molecule has 0 aliphatic heterocycles. The van der Waals surface area contributed by atoms with Crippen LogP contribution in [0.25, 0.3) is 0 Å². The maximum Gasteiger partial charge on any atom is 0.345 e. The number of hydrogen-bond acceptors (Lipinski definition) is 2. The highest BCUT2D eigenvalue weighted by Crippen LogP contribution is 2.12. The number of alkyl halides is 2. The third-order valence-corrected chi connectivity index (χ3v) is 1.72. The quantitative estimate of drug-likeness (QED) is 0.816. The molecule has 0 unspecified atom stereocenters. The minimum atomic E-state index is -2.89. The van der Waals surface area contributed by atoms with E-state index < -0.39 is 19.0 Å². The minimum absolute atomic E-state index is 0.0995. The lowest BCUT2D eigenvalue weighted by Gasteiger charge is -2.05. The van der Waals surface area contributed by atoms with E-state index in [2.05, 4.69) is 4.74 Å². The summed E-state index contributed by atoms with van der Waals surface area (Å²) in [6.07, 6.45) is 0. The zero-order chi connectivity index (χ0) is 10.6. The minimum Gasteiger partial charge on any atom is -0.326 e. The Morgan fingerprint density at radius 3 is 2.57 bits per heavy atom. The van der Waals surface area contributed by atoms with Crippen molar-refractivity contribution in [3.05, 3.63) is 35.1 Å². The fourth-order valence-electron chi connectivity index (χ4n) is 0.988. The number of halogens is 3. The van der Waals surface area contributed by atoms with Gasteiger partial charge in [0.05, 0.1) is 6.61 Å². The molecule has 1 aromatic rings. The molecule has 78 valence electrons. The first-order chi connectivity index (χ1) is 6.63. The zero-order valence-corrected chi connectivity index (χ0v) is 7.34. The van der Waals surface area contributed by atoms with Gasteiger partial charge in [0.25, 0.3) is 0 Å². The molecule has 2 N–H and O–H groups in total. The van der Waals surface area contributed by atoms with Crippen molar-refractivity contribution in [2.45, 2.75) is 19.8 Å². The summed E-state index contributed by atoms with van der Waals surface area (Å²) >= 11 is 0. The standard InChI is InChI=1S/C9H10F3NO/c10-8-3-6(4-13)1-2-7(8)5-14-9(11)12/h1-3,9H,4-5,13H2. The molecule has 0 heterocycles. The summed E-state index contributed by atoms with van der Waals surface area (Å²) in [7, 11) is 0. The van der Waals surface area contributed by atoms with Gasteiger partial charge in [-0.1, -0.05) is 12.1 Å². The number of ether oxygens (including phenoxy) is 1. The van der Waals surface area contributed by atoms with E-state index in [1.807, 2.05) is 0 Å². The SMILES string of the molecule is NCc1ccc(COC(F)F)c(F)c1. The van der Waals surface area contributed by atoms with Crippen LogP contribution in [0.1, 0.15) is 11.1 Å². The van der Waals surface area contributed by atoms with Crippen molar-refractivity contribution < 1.29 is 17.9 Å². The fraction of sp³-hybridized carbons (Fsp3) is 0.333. The molecule has 0 radical (unpaired) electrons. The van der Waals surface area contributed by atoms with E-state index in [0.717, 1.165) is 0 Å². The topological polar surface area (TPSA) is 35.2 Å². The van der Waals surface area contributed by atoms with E-state index in [0.29, 0.717) is 5.56 Å². The van der Waals surface area contributed by atoms with Crippen LogP contribution in [0.2, 0.25) is 0 Å². The molecule has 0 fully saturated rings. The van der Waals surface area contributed by atoms with Gasteiger partial charge in [0.15, 0.2) is 0 Å². The van der Waals surface area contributed by atoms with Gasteiger partial charge in [-0.05, 0) is 11.6 Å². The highest BCUT2D eigenvalue weighted by Gasteiger charge is 2.07. The van der Waals surface area contributed by atoms with Gasteiger partial charge in [-0.15, -0.1) is 0 Å². The molecule has 0 atom stereocenters. The first kappa shape index (κ1) is 11.0. The summed E-state index contributed by atoms with van der Waals surface area (Å²) in [4.78, 5) is 0. The van der Waals surface area contributed by atoms with Crippen LogP contribution >= 0.6 is 0 Å². The van der Waals surface area contributed by atoms with Gasteiger partial charge in [0, 0.05) is 12.1 Å². The van der Waals surface area contributed by atoms with Crippen molar-refractivity contribution in [2.75, 3.05) is 0 Å². The van der Waals surface area contributed by atoms with Gasteiger partial charge in [0.2, 0.25) is 0 Å². The molecule has 14 heavy (non-hydrogen) atoms. The third kappa shape index (κ3) is 3.01. The Hall–Kier alpha value is -1.07. The number of benzene rings is 1. The summed E-state index contributed by atoms with van der Waals surface area (Å²) in [5.41, 5.74) is 5.99. The average Bonchev–Trinajstić information content (AvgIpc) is 2.15. The van der Waals surface area contributed by atoms with Gasteiger partial charge in [-0.25, -0.2) is 4.39 Å². The molecule has 2 nitrogen and oxygen atoms in total. The Kier molecular flexibility index (Phi) is 3.91. The molecule has 1 rings (SSSR count).